The number of Topliss-reactive ketones (excluding diaryl/α,β-unsaturated/α-hetero) is 1. The normalized spacial score (nSPS) is 14.4. The Labute approximate surface area is 99.7 Å². The summed E-state index contributed by atoms with van der Waals surface area (Å²) in [4.78, 5) is 12.5. The maximum Gasteiger partial charge on any atom is 0.147 e. The van der Waals surface area contributed by atoms with Gasteiger partial charge in [0.1, 0.15) is 11.5 Å². The van der Waals surface area contributed by atoms with Gasteiger partial charge >= 0.3 is 0 Å². The van der Waals surface area contributed by atoms with E-state index in [1.54, 1.807) is 11.8 Å². The van der Waals surface area contributed by atoms with E-state index in [1.807, 2.05) is 19.1 Å². The van der Waals surface area contributed by atoms with E-state index in [9.17, 15) is 4.79 Å². The summed E-state index contributed by atoms with van der Waals surface area (Å²) in [5, 5.41) is 0. The van der Waals surface area contributed by atoms with E-state index >= 15 is 0 Å². The fourth-order valence-electron chi connectivity index (χ4n) is 1.69. The Morgan fingerprint density at radius 2 is 2.38 bits per heavy atom. The molecule has 0 fully saturated rings. The van der Waals surface area contributed by atoms with E-state index in [0.717, 1.165) is 11.1 Å². The molecule has 0 N–H and O–H groups in total. The fraction of sp³-hybridized carbons (Fsp3) is 0.308. The van der Waals surface area contributed by atoms with E-state index in [4.69, 9.17) is 4.74 Å². The largest absolute Gasteiger partial charge is 0.494 e. The Morgan fingerprint density at radius 3 is 3.12 bits per heavy atom. The van der Waals surface area contributed by atoms with Crippen LogP contribution < -0.4 is 0 Å². The van der Waals surface area contributed by atoms with Crippen LogP contribution in [0.3, 0.4) is 0 Å². The predicted octanol–water partition coefficient (Wildman–Crippen LogP) is 2.91. The van der Waals surface area contributed by atoms with Crippen molar-refractivity contribution in [1.29, 1.82) is 0 Å². The number of ketones is 1. The van der Waals surface area contributed by atoms with Crippen LogP contribution >= 0.6 is 11.8 Å². The molecule has 0 aliphatic carbocycles. The van der Waals surface area contributed by atoms with Crippen LogP contribution in [0.15, 0.2) is 29.7 Å². The van der Waals surface area contributed by atoms with Gasteiger partial charge in [0, 0.05) is 16.9 Å². The van der Waals surface area contributed by atoms with Gasteiger partial charge in [0.2, 0.25) is 0 Å². The number of carbonyl (C=O) groups is 1. The first-order valence-electron chi connectivity index (χ1n) is 5.30. The van der Waals surface area contributed by atoms with Crippen molar-refractivity contribution in [2.24, 2.45) is 0 Å². The summed E-state index contributed by atoms with van der Waals surface area (Å²) in [6.07, 6.45) is 0.559. The van der Waals surface area contributed by atoms with Gasteiger partial charge in [-0.1, -0.05) is 18.7 Å². The molecule has 16 heavy (non-hydrogen) atoms. The molecule has 0 bridgehead atoms. The van der Waals surface area contributed by atoms with Crippen LogP contribution in [-0.2, 0) is 16.0 Å². The lowest BCUT2D eigenvalue weighted by Gasteiger charge is -2.16. The highest BCUT2D eigenvalue weighted by Crippen LogP contribution is 2.31. The first-order valence-corrected chi connectivity index (χ1v) is 6.28. The van der Waals surface area contributed by atoms with Crippen molar-refractivity contribution >= 4 is 23.3 Å². The van der Waals surface area contributed by atoms with Gasteiger partial charge in [0.15, 0.2) is 0 Å². The Bertz CT molecular complexity index is 438. The van der Waals surface area contributed by atoms with Crippen molar-refractivity contribution in [3.63, 3.8) is 0 Å². The van der Waals surface area contributed by atoms with Gasteiger partial charge < -0.3 is 4.74 Å². The van der Waals surface area contributed by atoms with Gasteiger partial charge in [-0.2, -0.15) is 0 Å². The molecule has 84 valence electrons. The predicted molar refractivity (Wildman–Crippen MR) is 66.5 cm³/mol. The number of benzene rings is 1. The van der Waals surface area contributed by atoms with Crippen molar-refractivity contribution in [1.82, 2.24) is 0 Å². The van der Waals surface area contributed by atoms with Crippen LogP contribution in [0.5, 0.6) is 0 Å². The fourth-order valence-corrected chi connectivity index (χ4v) is 2.64. The third kappa shape index (κ3) is 2.30. The molecule has 0 saturated heterocycles. The summed E-state index contributed by atoms with van der Waals surface area (Å²) >= 11 is 1.60. The first kappa shape index (κ1) is 11.3. The van der Waals surface area contributed by atoms with Crippen LogP contribution in [-0.4, -0.2) is 18.1 Å². The van der Waals surface area contributed by atoms with Crippen molar-refractivity contribution in [3.05, 3.63) is 35.9 Å². The number of ether oxygens (including phenoxy) is 1. The van der Waals surface area contributed by atoms with Crippen LogP contribution in [0.2, 0.25) is 0 Å². The molecule has 0 spiro atoms. The summed E-state index contributed by atoms with van der Waals surface area (Å²) in [6.45, 7) is 6.45. The summed E-state index contributed by atoms with van der Waals surface area (Å²) in [7, 11) is 0. The SMILES string of the molecule is C=C(OCC)c1ccc2c(c1)SCC(=O)C2. The average Bonchev–Trinajstić information content (AvgIpc) is 2.28. The zero-order chi connectivity index (χ0) is 11.5. The number of rotatable bonds is 3. The molecule has 0 unspecified atom stereocenters. The van der Waals surface area contributed by atoms with Crippen LogP contribution in [0.25, 0.3) is 5.76 Å². The second-order valence-electron chi connectivity index (χ2n) is 3.68. The number of fused-ring (bicyclic) bond motifs is 1. The van der Waals surface area contributed by atoms with Gasteiger partial charge in [-0.05, 0) is 18.6 Å². The smallest absolute Gasteiger partial charge is 0.147 e. The van der Waals surface area contributed by atoms with Gasteiger partial charge in [-0.3, -0.25) is 4.79 Å². The summed E-state index contributed by atoms with van der Waals surface area (Å²) in [5.41, 5.74) is 2.12. The van der Waals surface area contributed by atoms with E-state index in [1.165, 1.54) is 4.90 Å². The lowest BCUT2D eigenvalue weighted by Crippen LogP contribution is -2.12. The molecule has 2 rings (SSSR count). The molecular formula is C13H14O2S. The molecule has 0 radical (unpaired) electrons. The average molecular weight is 234 g/mol. The highest BCUT2D eigenvalue weighted by atomic mass is 32.2. The molecule has 0 atom stereocenters. The van der Waals surface area contributed by atoms with E-state index in [0.29, 0.717) is 30.3 Å². The summed E-state index contributed by atoms with van der Waals surface area (Å²) in [6, 6.07) is 6.03. The molecule has 0 amide bonds. The minimum atomic E-state index is 0.300. The highest BCUT2D eigenvalue weighted by Gasteiger charge is 2.16. The second-order valence-corrected chi connectivity index (χ2v) is 4.70. The number of hydrogen-bond acceptors (Lipinski definition) is 3. The van der Waals surface area contributed by atoms with E-state index < -0.39 is 0 Å². The third-order valence-corrected chi connectivity index (χ3v) is 3.64. The topological polar surface area (TPSA) is 26.3 Å². The third-order valence-electron chi connectivity index (χ3n) is 2.48. The van der Waals surface area contributed by atoms with Crippen LogP contribution in [0.1, 0.15) is 18.1 Å². The first-order chi connectivity index (χ1) is 7.70. The lowest BCUT2D eigenvalue weighted by atomic mass is 10.1. The minimum Gasteiger partial charge on any atom is -0.494 e. The van der Waals surface area contributed by atoms with Crippen molar-refractivity contribution < 1.29 is 9.53 Å². The molecule has 1 aliphatic heterocycles. The Hall–Kier alpha value is -1.22. The van der Waals surface area contributed by atoms with Crippen molar-refractivity contribution in [3.8, 4) is 0 Å². The van der Waals surface area contributed by atoms with Gasteiger partial charge in [-0.25, -0.2) is 0 Å². The van der Waals surface area contributed by atoms with Gasteiger partial charge in [0.25, 0.3) is 0 Å². The number of carbonyl (C=O) groups excluding carboxylic acids is 1. The number of hydrogen-bond donors (Lipinski definition) is 0. The molecule has 1 aromatic carbocycles. The summed E-state index contributed by atoms with van der Waals surface area (Å²) in [5.74, 6) is 1.58. The molecule has 1 aliphatic rings. The minimum absolute atomic E-state index is 0.300. The van der Waals surface area contributed by atoms with Gasteiger partial charge in [0.05, 0.1) is 12.4 Å². The van der Waals surface area contributed by atoms with Gasteiger partial charge in [-0.15, -0.1) is 11.8 Å². The number of thioether (sulfide) groups is 1. The Morgan fingerprint density at radius 1 is 1.56 bits per heavy atom. The van der Waals surface area contributed by atoms with E-state index in [-0.39, 0.29) is 0 Å². The monoisotopic (exact) mass is 234 g/mol. The Kier molecular flexibility index (Phi) is 3.34. The molecule has 2 nitrogen and oxygen atoms in total. The summed E-state index contributed by atoms with van der Waals surface area (Å²) < 4.78 is 5.37. The molecule has 1 aromatic rings. The maximum absolute atomic E-state index is 11.3. The highest BCUT2D eigenvalue weighted by molar-refractivity contribution is 8.00. The molecule has 0 saturated carbocycles. The van der Waals surface area contributed by atoms with Crippen LogP contribution in [0.4, 0.5) is 0 Å². The van der Waals surface area contributed by atoms with Crippen molar-refractivity contribution in [2.45, 2.75) is 18.2 Å². The Balaban J connectivity index is 2.26. The van der Waals surface area contributed by atoms with Crippen molar-refractivity contribution in [2.75, 3.05) is 12.4 Å². The van der Waals surface area contributed by atoms with E-state index in [2.05, 4.69) is 12.6 Å². The lowest BCUT2D eigenvalue weighted by molar-refractivity contribution is -0.116. The quantitative estimate of drug-likeness (QED) is 0.752. The molecule has 0 aromatic heterocycles. The zero-order valence-electron chi connectivity index (χ0n) is 9.29. The zero-order valence-corrected chi connectivity index (χ0v) is 10.1. The maximum atomic E-state index is 11.3. The molecular weight excluding hydrogens is 220 g/mol. The molecule has 3 heteroatoms. The molecule has 1 heterocycles. The standard InChI is InChI=1S/C13H14O2S/c1-3-15-9(2)10-4-5-11-6-12(14)8-16-13(11)7-10/h4-5,7H,2-3,6,8H2,1H3. The van der Waals surface area contributed by atoms with Crippen LogP contribution in [0, 0.1) is 0 Å². The second kappa shape index (κ2) is 4.74.